The Balaban J connectivity index is 1.69. The molecule has 0 bridgehead atoms. The monoisotopic (exact) mass is 329 g/mol. The van der Waals surface area contributed by atoms with Gasteiger partial charge in [0.05, 0.1) is 17.2 Å². The molecule has 0 saturated carbocycles. The lowest BCUT2D eigenvalue weighted by Crippen LogP contribution is -2.17. The molecule has 0 spiro atoms. The Kier molecular flexibility index (Phi) is 4.34. The van der Waals surface area contributed by atoms with Crippen LogP contribution in [0.2, 0.25) is 0 Å². The van der Waals surface area contributed by atoms with E-state index >= 15 is 0 Å². The summed E-state index contributed by atoms with van der Waals surface area (Å²) in [7, 11) is 1.89. The first-order valence-corrected chi connectivity index (χ1v) is 7.19. The minimum atomic E-state index is -0.460. The van der Waals surface area contributed by atoms with Crippen LogP contribution >= 0.6 is 0 Å². The maximum Gasteiger partial charge on any atom is 0.270 e. The second-order valence-corrected chi connectivity index (χ2v) is 5.42. The molecular weight excluding hydrogens is 314 g/mol. The summed E-state index contributed by atoms with van der Waals surface area (Å²) >= 11 is 0. The molecule has 0 radical (unpaired) electrons. The van der Waals surface area contributed by atoms with Crippen LogP contribution in [0, 0.1) is 17.0 Å². The maximum atomic E-state index is 10.8. The van der Waals surface area contributed by atoms with Crippen LogP contribution in [0.25, 0.3) is 11.4 Å². The third-order valence-electron chi connectivity index (χ3n) is 3.30. The summed E-state index contributed by atoms with van der Waals surface area (Å²) < 4.78 is 10.2. The average Bonchev–Trinajstić information content (AvgIpc) is 3.16. The van der Waals surface area contributed by atoms with Gasteiger partial charge in [0, 0.05) is 30.3 Å². The summed E-state index contributed by atoms with van der Waals surface area (Å²) in [6, 6.07) is 7.97. The van der Waals surface area contributed by atoms with Gasteiger partial charge >= 0.3 is 0 Å². The van der Waals surface area contributed by atoms with Crippen LogP contribution in [-0.2, 0) is 13.1 Å². The van der Waals surface area contributed by atoms with Crippen molar-refractivity contribution in [3.8, 4) is 11.4 Å². The fraction of sp³-hybridized carbons (Fsp3) is 0.267. The number of non-ortho nitro benzene ring substituents is 1. The Morgan fingerprint density at radius 1 is 1.21 bits per heavy atom. The minimum Gasteiger partial charge on any atom is -0.361 e. The second kappa shape index (κ2) is 6.59. The van der Waals surface area contributed by atoms with Crippen LogP contribution in [-0.4, -0.2) is 32.2 Å². The Morgan fingerprint density at radius 3 is 2.75 bits per heavy atom. The van der Waals surface area contributed by atoms with Crippen LogP contribution in [0.5, 0.6) is 0 Å². The molecule has 0 N–H and O–H groups in total. The van der Waals surface area contributed by atoms with Gasteiger partial charge in [0.2, 0.25) is 11.7 Å². The molecule has 0 saturated heterocycles. The standard InChI is InChI=1S/C15H15N5O4/c1-10-6-12(17-23-10)8-19(2)9-14-16-15(18-24-14)11-4-3-5-13(7-11)20(21)22/h3-7H,8-9H2,1-2H3. The summed E-state index contributed by atoms with van der Waals surface area (Å²) in [6.07, 6.45) is 0. The molecule has 9 heteroatoms. The van der Waals surface area contributed by atoms with Gasteiger partial charge in [-0.25, -0.2) is 0 Å². The van der Waals surface area contributed by atoms with Crippen molar-refractivity contribution in [2.45, 2.75) is 20.0 Å². The van der Waals surface area contributed by atoms with Gasteiger partial charge in [-0.1, -0.05) is 22.4 Å². The number of hydrogen-bond donors (Lipinski definition) is 0. The molecule has 124 valence electrons. The zero-order chi connectivity index (χ0) is 17.1. The molecule has 2 aromatic heterocycles. The SMILES string of the molecule is Cc1cc(CN(C)Cc2nc(-c3cccc([N+](=O)[O-])c3)no2)no1. The zero-order valence-corrected chi connectivity index (χ0v) is 13.2. The van der Waals surface area contributed by atoms with Gasteiger partial charge in [0.25, 0.3) is 5.69 Å². The average molecular weight is 329 g/mol. The van der Waals surface area contributed by atoms with E-state index in [4.69, 9.17) is 9.05 Å². The second-order valence-electron chi connectivity index (χ2n) is 5.42. The molecule has 9 nitrogen and oxygen atoms in total. The van der Waals surface area contributed by atoms with Gasteiger partial charge in [-0.05, 0) is 14.0 Å². The van der Waals surface area contributed by atoms with Gasteiger partial charge in [-0.15, -0.1) is 0 Å². The van der Waals surface area contributed by atoms with Gasteiger partial charge in [-0.2, -0.15) is 4.98 Å². The summed E-state index contributed by atoms with van der Waals surface area (Å²) in [5.41, 5.74) is 1.33. The lowest BCUT2D eigenvalue weighted by atomic mass is 10.2. The van der Waals surface area contributed by atoms with Crippen molar-refractivity contribution < 1.29 is 14.0 Å². The third kappa shape index (κ3) is 3.63. The lowest BCUT2D eigenvalue weighted by Gasteiger charge is -2.11. The highest BCUT2D eigenvalue weighted by Gasteiger charge is 2.14. The number of aromatic nitrogens is 3. The summed E-state index contributed by atoms with van der Waals surface area (Å²) in [6.45, 7) is 2.83. The summed E-state index contributed by atoms with van der Waals surface area (Å²) in [5.74, 6) is 1.49. The van der Waals surface area contributed by atoms with Crippen molar-refractivity contribution in [1.29, 1.82) is 0 Å². The Labute approximate surface area is 137 Å². The highest BCUT2D eigenvalue weighted by Crippen LogP contribution is 2.21. The molecule has 0 fully saturated rings. The smallest absolute Gasteiger partial charge is 0.270 e. The third-order valence-corrected chi connectivity index (χ3v) is 3.30. The number of hydrogen-bond acceptors (Lipinski definition) is 8. The van der Waals surface area contributed by atoms with Crippen molar-refractivity contribution in [2.24, 2.45) is 0 Å². The van der Waals surface area contributed by atoms with Crippen molar-refractivity contribution in [3.05, 3.63) is 57.8 Å². The van der Waals surface area contributed by atoms with E-state index < -0.39 is 4.92 Å². The number of nitrogens with zero attached hydrogens (tertiary/aromatic N) is 5. The van der Waals surface area contributed by atoms with Crippen LogP contribution in [0.15, 0.2) is 39.4 Å². The molecular formula is C15H15N5O4. The lowest BCUT2D eigenvalue weighted by molar-refractivity contribution is -0.384. The molecule has 24 heavy (non-hydrogen) atoms. The number of aryl methyl sites for hydroxylation is 1. The number of nitro benzene ring substituents is 1. The molecule has 3 aromatic rings. The van der Waals surface area contributed by atoms with Crippen molar-refractivity contribution in [3.63, 3.8) is 0 Å². The fourth-order valence-corrected chi connectivity index (χ4v) is 2.25. The molecule has 3 rings (SSSR count). The van der Waals surface area contributed by atoms with Crippen LogP contribution in [0.4, 0.5) is 5.69 Å². The number of benzene rings is 1. The van der Waals surface area contributed by atoms with E-state index in [-0.39, 0.29) is 5.69 Å². The van der Waals surface area contributed by atoms with Gasteiger partial charge in [0.1, 0.15) is 5.76 Å². The van der Waals surface area contributed by atoms with E-state index in [1.54, 1.807) is 12.1 Å². The topological polar surface area (TPSA) is 111 Å². The first-order chi connectivity index (χ1) is 11.5. The molecule has 2 heterocycles. The van der Waals surface area contributed by atoms with Crippen molar-refractivity contribution >= 4 is 5.69 Å². The van der Waals surface area contributed by atoms with Crippen LogP contribution < -0.4 is 0 Å². The van der Waals surface area contributed by atoms with Crippen LogP contribution in [0.3, 0.4) is 0 Å². The molecule has 0 aliphatic rings. The predicted molar refractivity (Wildman–Crippen MR) is 82.8 cm³/mol. The molecule has 0 aliphatic heterocycles. The van der Waals surface area contributed by atoms with E-state index in [0.29, 0.717) is 30.4 Å². The van der Waals surface area contributed by atoms with Gasteiger partial charge < -0.3 is 9.05 Å². The first-order valence-electron chi connectivity index (χ1n) is 7.19. The largest absolute Gasteiger partial charge is 0.361 e. The zero-order valence-electron chi connectivity index (χ0n) is 13.2. The maximum absolute atomic E-state index is 10.8. The van der Waals surface area contributed by atoms with E-state index in [2.05, 4.69) is 15.3 Å². The molecule has 0 amide bonds. The van der Waals surface area contributed by atoms with Crippen molar-refractivity contribution in [1.82, 2.24) is 20.2 Å². The van der Waals surface area contributed by atoms with Gasteiger partial charge in [-0.3, -0.25) is 15.0 Å². The van der Waals surface area contributed by atoms with Gasteiger partial charge in [0.15, 0.2) is 0 Å². The fourth-order valence-electron chi connectivity index (χ4n) is 2.25. The minimum absolute atomic E-state index is 0.0163. The van der Waals surface area contributed by atoms with Crippen LogP contribution in [0.1, 0.15) is 17.3 Å². The summed E-state index contributed by atoms with van der Waals surface area (Å²) in [5, 5.41) is 18.6. The Bertz CT molecular complexity index is 857. The van der Waals surface area contributed by atoms with E-state index in [1.165, 1.54) is 12.1 Å². The molecule has 0 atom stereocenters. The quantitative estimate of drug-likeness (QED) is 0.501. The predicted octanol–water partition coefficient (Wildman–Crippen LogP) is 2.57. The number of rotatable bonds is 6. The van der Waals surface area contributed by atoms with Crippen molar-refractivity contribution in [2.75, 3.05) is 7.05 Å². The van der Waals surface area contributed by atoms with E-state index in [9.17, 15) is 10.1 Å². The van der Waals surface area contributed by atoms with E-state index in [1.807, 2.05) is 24.9 Å². The molecule has 0 aliphatic carbocycles. The first kappa shape index (κ1) is 15.8. The van der Waals surface area contributed by atoms with E-state index in [0.717, 1.165) is 11.5 Å². The summed E-state index contributed by atoms with van der Waals surface area (Å²) in [4.78, 5) is 16.6. The Morgan fingerprint density at radius 2 is 2.04 bits per heavy atom. The highest BCUT2D eigenvalue weighted by molar-refractivity contribution is 5.58. The molecule has 1 aromatic carbocycles. The molecule has 0 unspecified atom stereocenters. The highest BCUT2D eigenvalue weighted by atomic mass is 16.6. The normalized spacial score (nSPS) is 11.1. The Hall–Kier alpha value is -3.07. The number of nitro groups is 1.